The highest BCUT2D eigenvalue weighted by atomic mass is 31.2. The van der Waals surface area contributed by atoms with Crippen LogP contribution in [0.25, 0.3) is 0 Å². The lowest BCUT2D eigenvalue weighted by atomic mass is 9.86. The van der Waals surface area contributed by atoms with Gasteiger partial charge in [-0.1, -0.05) is 32.1 Å². The lowest BCUT2D eigenvalue weighted by Crippen LogP contribution is -2.13. The molecule has 4 nitrogen and oxygen atoms in total. The monoisotopic (exact) mass is 290 g/mol. The maximum Gasteiger partial charge on any atom is 0.338 e. The van der Waals surface area contributed by atoms with Crippen LogP contribution in [-0.2, 0) is 18.4 Å². The summed E-state index contributed by atoms with van der Waals surface area (Å²) in [5, 5.41) is 0. The van der Waals surface area contributed by atoms with Crippen LogP contribution in [0.4, 0.5) is 0 Å². The number of hydrogen-bond donors (Lipinski definition) is 0. The predicted octanol–water partition coefficient (Wildman–Crippen LogP) is 4.18. The van der Waals surface area contributed by atoms with Crippen molar-refractivity contribution in [2.75, 3.05) is 19.4 Å². The summed E-state index contributed by atoms with van der Waals surface area (Å²) >= 11 is 0. The van der Waals surface area contributed by atoms with Crippen molar-refractivity contribution in [1.29, 1.82) is 0 Å². The average molecular weight is 290 g/mol. The van der Waals surface area contributed by atoms with Crippen LogP contribution in [0.15, 0.2) is 0 Å². The van der Waals surface area contributed by atoms with E-state index in [1.165, 1.54) is 32.1 Å². The maximum atomic E-state index is 12.2. The van der Waals surface area contributed by atoms with Gasteiger partial charge in [0.1, 0.15) is 11.9 Å². The third-order valence-electron chi connectivity index (χ3n) is 3.58. The maximum absolute atomic E-state index is 12.2. The lowest BCUT2D eigenvalue weighted by Gasteiger charge is -2.21. The minimum atomic E-state index is -3.19. The van der Waals surface area contributed by atoms with Crippen molar-refractivity contribution in [3.8, 4) is 0 Å². The molecule has 0 unspecified atom stereocenters. The van der Waals surface area contributed by atoms with Crippen molar-refractivity contribution in [3.05, 3.63) is 0 Å². The second-order valence-corrected chi connectivity index (χ2v) is 7.24. The molecule has 0 amide bonds. The Bertz CT molecular complexity index is 301. The van der Waals surface area contributed by atoms with Crippen LogP contribution in [0.2, 0.25) is 0 Å². The quantitative estimate of drug-likeness (QED) is 0.598. The Morgan fingerprint density at radius 2 is 1.68 bits per heavy atom. The van der Waals surface area contributed by atoms with Crippen molar-refractivity contribution in [2.24, 2.45) is 5.92 Å². The number of carbonyl (C=O) groups excluding carboxylic acids is 1. The fraction of sp³-hybridized carbons (Fsp3) is 0.929. The second-order valence-electron chi connectivity index (χ2n) is 5.19. The number of Topliss-reactive ketones (excluding diaryl/α,β-unsaturated/α-hetero) is 1. The molecular weight excluding hydrogens is 263 g/mol. The van der Waals surface area contributed by atoms with Crippen LogP contribution in [0, 0.1) is 5.92 Å². The fourth-order valence-corrected chi connectivity index (χ4v) is 4.29. The predicted molar refractivity (Wildman–Crippen MR) is 76.5 cm³/mol. The first-order valence-corrected chi connectivity index (χ1v) is 9.22. The summed E-state index contributed by atoms with van der Waals surface area (Å²) in [6.45, 7) is 4.15. The van der Waals surface area contributed by atoms with Gasteiger partial charge in [0, 0.05) is 6.42 Å². The van der Waals surface area contributed by atoms with Crippen molar-refractivity contribution >= 4 is 13.4 Å². The summed E-state index contributed by atoms with van der Waals surface area (Å²) < 4.78 is 22.5. The molecule has 112 valence electrons. The largest absolute Gasteiger partial charge is 0.338 e. The van der Waals surface area contributed by atoms with Crippen molar-refractivity contribution in [1.82, 2.24) is 0 Å². The molecule has 1 aliphatic carbocycles. The third-order valence-corrected chi connectivity index (χ3v) is 5.62. The fourth-order valence-electron chi connectivity index (χ4n) is 2.66. The summed E-state index contributed by atoms with van der Waals surface area (Å²) in [4.78, 5) is 11.9. The molecule has 0 atom stereocenters. The van der Waals surface area contributed by atoms with Crippen LogP contribution in [0.5, 0.6) is 0 Å². The van der Waals surface area contributed by atoms with Gasteiger partial charge in [0.2, 0.25) is 0 Å². The first kappa shape index (κ1) is 16.9. The van der Waals surface area contributed by atoms with E-state index in [4.69, 9.17) is 9.05 Å². The van der Waals surface area contributed by atoms with Gasteiger partial charge < -0.3 is 9.05 Å². The molecule has 1 fully saturated rings. The minimum absolute atomic E-state index is 0.0100. The SMILES string of the molecule is CCOP(=O)(CC(=O)CCC1CCCCC1)OCC. The van der Waals surface area contributed by atoms with Gasteiger partial charge in [0.05, 0.1) is 13.2 Å². The van der Waals surface area contributed by atoms with E-state index in [0.717, 1.165) is 6.42 Å². The van der Waals surface area contributed by atoms with E-state index in [2.05, 4.69) is 0 Å². The van der Waals surface area contributed by atoms with Crippen LogP contribution in [-0.4, -0.2) is 25.2 Å². The van der Waals surface area contributed by atoms with Crippen molar-refractivity contribution < 1.29 is 18.4 Å². The molecule has 1 saturated carbocycles. The second kappa shape index (κ2) is 8.89. The van der Waals surface area contributed by atoms with Gasteiger partial charge in [-0.05, 0) is 26.2 Å². The Kier molecular flexibility index (Phi) is 7.89. The number of hydrogen-bond acceptors (Lipinski definition) is 4. The minimum Gasteiger partial charge on any atom is -0.309 e. The Labute approximate surface area is 116 Å². The molecule has 1 rings (SSSR count). The van der Waals surface area contributed by atoms with E-state index in [9.17, 15) is 9.36 Å². The molecule has 0 saturated heterocycles. The van der Waals surface area contributed by atoms with Crippen LogP contribution >= 0.6 is 7.60 Å². The van der Waals surface area contributed by atoms with Crippen LogP contribution in [0.1, 0.15) is 58.8 Å². The Morgan fingerprint density at radius 3 is 2.21 bits per heavy atom. The van der Waals surface area contributed by atoms with Gasteiger partial charge in [0.15, 0.2) is 0 Å². The van der Waals surface area contributed by atoms with Gasteiger partial charge >= 0.3 is 7.60 Å². The van der Waals surface area contributed by atoms with E-state index in [1.807, 2.05) is 0 Å². The Morgan fingerprint density at radius 1 is 1.11 bits per heavy atom. The van der Waals surface area contributed by atoms with Crippen LogP contribution < -0.4 is 0 Å². The van der Waals surface area contributed by atoms with E-state index < -0.39 is 7.60 Å². The standard InChI is InChI=1S/C14H27O4P/c1-3-17-19(16,18-4-2)12-14(15)11-10-13-8-6-5-7-9-13/h13H,3-12H2,1-2H3. The molecule has 0 heterocycles. The van der Waals surface area contributed by atoms with Crippen molar-refractivity contribution in [2.45, 2.75) is 58.8 Å². The van der Waals surface area contributed by atoms with Gasteiger partial charge in [-0.2, -0.15) is 0 Å². The molecule has 0 aliphatic heterocycles. The average Bonchev–Trinajstić information content (AvgIpc) is 2.38. The van der Waals surface area contributed by atoms with Crippen molar-refractivity contribution in [3.63, 3.8) is 0 Å². The zero-order valence-electron chi connectivity index (χ0n) is 12.2. The number of ketones is 1. The normalized spacial score (nSPS) is 17.6. The first-order chi connectivity index (χ1) is 9.09. The molecule has 0 spiro atoms. The first-order valence-electron chi connectivity index (χ1n) is 7.49. The van der Waals surface area contributed by atoms with Gasteiger partial charge in [-0.3, -0.25) is 9.36 Å². The van der Waals surface area contributed by atoms with E-state index >= 15 is 0 Å². The highest BCUT2D eigenvalue weighted by molar-refractivity contribution is 7.54. The zero-order chi connectivity index (χ0) is 14.1. The highest BCUT2D eigenvalue weighted by Gasteiger charge is 2.27. The number of rotatable bonds is 9. The third kappa shape index (κ3) is 6.69. The van der Waals surface area contributed by atoms with E-state index in [-0.39, 0.29) is 11.9 Å². The molecular formula is C14H27O4P. The molecule has 0 aromatic heterocycles. The molecule has 19 heavy (non-hydrogen) atoms. The van der Waals surface area contributed by atoms with Gasteiger partial charge in [-0.25, -0.2) is 0 Å². The molecule has 0 bridgehead atoms. The molecule has 0 aromatic carbocycles. The van der Waals surface area contributed by atoms with E-state index in [0.29, 0.717) is 25.6 Å². The van der Waals surface area contributed by atoms with Crippen LogP contribution in [0.3, 0.4) is 0 Å². The smallest absolute Gasteiger partial charge is 0.309 e. The summed E-state index contributed by atoms with van der Waals surface area (Å²) in [5.41, 5.74) is 0. The Balaban J connectivity index is 2.33. The Hall–Kier alpha value is -0.180. The summed E-state index contributed by atoms with van der Waals surface area (Å²) in [6, 6.07) is 0. The zero-order valence-corrected chi connectivity index (χ0v) is 13.1. The highest BCUT2D eigenvalue weighted by Crippen LogP contribution is 2.48. The molecule has 5 heteroatoms. The molecule has 0 aromatic rings. The van der Waals surface area contributed by atoms with Gasteiger partial charge in [0.25, 0.3) is 0 Å². The van der Waals surface area contributed by atoms with E-state index in [1.54, 1.807) is 13.8 Å². The topological polar surface area (TPSA) is 52.6 Å². The molecule has 1 aliphatic rings. The number of carbonyl (C=O) groups is 1. The summed E-state index contributed by atoms with van der Waals surface area (Å²) in [7, 11) is -3.19. The molecule has 0 N–H and O–H groups in total. The summed E-state index contributed by atoms with van der Waals surface area (Å²) in [6.07, 6.45) is 7.75. The summed E-state index contributed by atoms with van der Waals surface area (Å²) in [5.74, 6) is 0.687. The molecule has 0 radical (unpaired) electrons. The lowest BCUT2D eigenvalue weighted by molar-refractivity contribution is -0.117. The van der Waals surface area contributed by atoms with Gasteiger partial charge in [-0.15, -0.1) is 0 Å².